The van der Waals surface area contributed by atoms with Crippen molar-refractivity contribution in [2.24, 2.45) is 0 Å². The highest BCUT2D eigenvalue weighted by molar-refractivity contribution is 9.10. The Kier molecular flexibility index (Phi) is 4.90. The maximum Gasteiger partial charge on any atom is 0.258 e. The van der Waals surface area contributed by atoms with Crippen molar-refractivity contribution in [1.82, 2.24) is 4.98 Å². The van der Waals surface area contributed by atoms with Gasteiger partial charge in [0.2, 0.25) is 0 Å². The van der Waals surface area contributed by atoms with Gasteiger partial charge in [0.25, 0.3) is 5.91 Å². The predicted octanol–water partition coefficient (Wildman–Crippen LogP) is 3.98. The zero-order valence-corrected chi connectivity index (χ0v) is 13.3. The van der Waals surface area contributed by atoms with Crippen molar-refractivity contribution < 1.29 is 9.18 Å². The summed E-state index contributed by atoms with van der Waals surface area (Å²) in [6.07, 6.45) is 1.41. The first kappa shape index (κ1) is 15.4. The number of nitrogens with one attached hydrogen (secondary N) is 2. The Morgan fingerprint density at radius 1 is 1.38 bits per heavy atom. The number of carbonyl (C=O) groups is 1. The molecule has 0 unspecified atom stereocenters. The van der Waals surface area contributed by atoms with E-state index in [1.54, 1.807) is 6.07 Å². The van der Waals surface area contributed by atoms with Gasteiger partial charge in [-0.1, -0.05) is 15.9 Å². The Hall–Kier alpha value is -1.95. The van der Waals surface area contributed by atoms with E-state index in [1.807, 2.05) is 26.0 Å². The standard InChI is InChI=1S/C15H15BrFN3O/c1-3-18-14-13(17)11(6-7-19-14)15(21)20-12-5-4-10(16)8-9(12)2/h4-8H,3H2,1-2H3,(H,18,19)(H,20,21). The molecule has 0 aliphatic heterocycles. The van der Waals surface area contributed by atoms with E-state index >= 15 is 0 Å². The summed E-state index contributed by atoms with van der Waals surface area (Å²) < 4.78 is 15.1. The maximum atomic E-state index is 14.2. The van der Waals surface area contributed by atoms with E-state index in [9.17, 15) is 9.18 Å². The molecule has 2 aromatic rings. The van der Waals surface area contributed by atoms with Crippen LogP contribution in [0.15, 0.2) is 34.9 Å². The predicted molar refractivity (Wildman–Crippen MR) is 85.2 cm³/mol. The third-order valence-electron chi connectivity index (χ3n) is 2.91. The molecule has 0 radical (unpaired) electrons. The molecular weight excluding hydrogens is 337 g/mol. The van der Waals surface area contributed by atoms with Gasteiger partial charge >= 0.3 is 0 Å². The summed E-state index contributed by atoms with van der Waals surface area (Å²) in [5, 5.41) is 5.49. The Balaban J connectivity index is 2.26. The molecule has 0 aliphatic carbocycles. The molecule has 0 saturated carbocycles. The van der Waals surface area contributed by atoms with E-state index in [2.05, 4.69) is 31.5 Å². The van der Waals surface area contributed by atoms with Crippen molar-refractivity contribution in [3.05, 3.63) is 51.9 Å². The summed E-state index contributed by atoms with van der Waals surface area (Å²) in [7, 11) is 0. The summed E-state index contributed by atoms with van der Waals surface area (Å²) in [5.41, 5.74) is 1.49. The number of carbonyl (C=O) groups excluding carboxylic acids is 1. The molecule has 1 heterocycles. The lowest BCUT2D eigenvalue weighted by Gasteiger charge is -2.11. The normalized spacial score (nSPS) is 10.3. The van der Waals surface area contributed by atoms with Gasteiger partial charge in [-0.25, -0.2) is 9.37 Å². The molecule has 0 fully saturated rings. The lowest BCUT2D eigenvalue weighted by Crippen LogP contribution is -2.16. The Morgan fingerprint density at radius 2 is 2.14 bits per heavy atom. The highest BCUT2D eigenvalue weighted by atomic mass is 79.9. The fourth-order valence-electron chi connectivity index (χ4n) is 1.87. The maximum absolute atomic E-state index is 14.2. The van der Waals surface area contributed by atoms with Crippen LogP contribution >= 0.6 is 15.9 Å². The van der Waals surface area contributed by atoms with Crippen LogP contribution in [0.5, 0.6) is 0 Å². The number of aryl methyl sites for hydroxylation is 1. The minimum Gasteiger partial charge on any atom is -0.368 e. The van der Waals surface area contributed by atoms with Crippen LogP contribution in [-0.4, -0.2) is 17.4 Å². The minimum atomic E-state index is -0.647. The third kappa shape index (κ3) is 3.58. The molecule has 0 spiro atoms. The van der Waals surface area contributed by atoms with Crippen molar-refractivity contribution in [3.8, 4) is 0 Å². The van der Waals surface area contributed by atoms with E-state index in [0.717, 1.165) is 10.0 Å². The highest BCUT2D eigenvalue weighted by Crippen LogP contribution is 2.22. The fraction of sp³-hybridized carbons (Fsp3) is 0.200. The lowest BCUT2D eigenvalue weighted by atomic mass is 10.1. The average Bonchev–Trinajstić information content (AvgIpc) is 2.44. The molecule has 4 nitrogen and oxygen atoms in total. The minimum absolute atomic E-state index is 0.0386. The second-order valence-corrected chi connectivity index (χ2v) is 5.38. The Bertz CT molecular complexity index is 676. The molecular formula is C15H15BrFN3O. The first-order valence-corrected chi connectivity index (χ1v) is 7.28. The van der Waals surface area contributed by atoms with Crippen molar-refractivity contribution in [2.75, 3.05) is 17.2 Å². The van der Waals surface area contributed by atoms with E-state index in [-0.39, 0.29) is 11.4 Å². The van der Waals surface area contributed by atoms with Crippen LogP contribution in [0.1, 0.15) is 22.8 Å². The van der Waals surface area contributed by atoms with Crippen molar-refractivity contribution in [3.63, 3.8) is 0 Å². The Labute approximate surface area is 130 Å². The number of nitrogens with zero attached hydrogens (tertiary/aromatic N) is 1. The van der Waals surface area contributed by atoms with Crippen LogP contribution in [-0.2, 0) is 0 Å². The molecule has 1 amide bonds. The summed E-state index contributed by atoms with van der Waals surface area (Å²) in [6.45, 7) is 4.23. The molecule has 0 bridgehead atoms. The van der Waals surface area contributed by atoms with Gasteiger partial charge in [0.15, 0.2) is 11.6 Å². The van der Waals surface area contributed by atoms with Gasteiger partial charge in [0.1, 0.15) is 0 Å². The first-order valence-electron chi connectivity index (χ1n) is 6.48. The number of anilines is 2. The van der Waals surface area contributed by atoms with Crippen molar-refractivity contribution in [2.45, 2.75) is 13.8 Å². The number of hydrogen-bond acceptors (Lipinski definition) is 3. The van der Waals surface area contributed by atoms with E-state index in [0.29, 0.717) is 12.2 Å². The molecule has 0 atom stereocenters. The number of rotatable bonds is 4. The molecule has 1 aromatic carbocycles. The smallest absolute Gasteiger partial charge is 0.258 e. The summed E-state index contributed by atoms with van der Waals surface area (Å²) >= 11 is 3.36. The molecule has 0 saturated heterocycles. The zero-order chi connectivity index (χ0) is 15.4. The van der Waals surface area contributed by atoms with E-state index < -0.39 is 11.7 Å². The number of amides is 1. The average molecular weight is 352 g/mol. The van der Waals surface area contributed by atoms with E-state index in [4.69, 9.17) is 0 Å². The van der Waals surface area contributed by atoms with Gasteiger partial charge in [-0.05, 0) is 43.7 Å². The molecule has 2 rings (SSSR count). The fourth-order valence-corrected chi connectivity index (χ4v) is 2.34. The van der Waals surface area contributed by atoms with E-state index in [1.165, 1.54) is 12.3 Å². The molecule has 1 aromatic heterocycles. The topological polar surface area (TPSA) is 54.0 Å². The quantitative estimate of drug-likeness (QED) is 0.875. The van der Waals surface area contributed by atoms with Crippen LogP contribution in [0.3, 0.4) is 0 Å². The third-order valence-corrected chi connectivity index (χ3v) is 3.41. The summed E-state index contributed by atoms with van der Waals surface area (Å²) in [4.78, 5) is 16.1. The summed E-state index contributed by atoms with van der Waals surface area (Å²) in [6, 6.07) is 6.82. The first-order chi connectivity index (χ1) is 10.0. The molecule has 21 heavy (non-hydrogen) atoms. The summed E-state index contributed by atoms with van der Waals surface area (Å²) in [5.74, 6) is -1.07. The molecule has 2 N–H and O–H groups in total. The van der Waals surface area contributed by atoms with Crippen LogP contribution in [0.4, 0.5) is 15.9 Å². The van der Waals surface area contributed by atoms with Crippen LogP contribution in [0, 0.1) is 12.7 Å². The van der Waals surface area contributed by atoms with Crippen molar-refractivity contribution in [1.29, 1.82) is 0 Å². The number of hydrogen-bond donors (Lipinski definition) is 2. The lowest BCUT2D eigenvalue weighted by molar-refractivity contribution is 0.102. The van der Waals surface area contributed by atoms with Crippen LogP contribution < -0.4 is 10.6 Å². The van der Waals surface area contributed by atoms with Gasteiger partial charge in [0, 0.05) is 22.9 Å². The monoisotopic (exact) mass is 351 g/mol. The number of halogens is 2. The van der Waals surface area contributed by atoms with Gasteiger partial charge in [0.05, 0.1) is 5.56 Å². The van der Waals surface area contributed by atoms with Gasteiger partial charge < -0.3 is 10.6 Å². The highest BCUT2D eigenvalue weighted by Gasteiger charge is 2.16. The molecule has 110 valence electrons. The second kappa shape index (κ2) is 6.67. The second-order valence-electron chi connectivity index (χ2n) is 4.46. The largest absolute Gasteiger partial charge is 0.368 e. The van der Waals surface area contributed by atoms with Gasteiger partial charge in [-0.3, -0.25) is 4.79 Å². The number of benzene rings is 1. The molecule has 0 aliphatic rings. The van der Waals surface area contributed by atoms with Crippen LogP contribution in [0.25, 0.3) is 0 Å². The Morgan fingerprint density at radius 3 is 2.81 bits per heavy atom. The number of aromatic nitrogens is 1. The number of pyridine rings is 1. The van der Waals surface area contributed by atoms with Crippen molar-refractivity contribution >= 4 is 33.3 Å². The molecule has 6 heteroatoms. The zero-order valence-electron chi connectivity index (χ0n) is 11.7. The SMILES string of the molecule is CCNc1nccc(C(=O)Nc2ccc(Br)cc2C)c1F. The van der Waals surface area contributed by atoms with Crippen LogP contribution in [0.2, 0.25) is 0 Å². The van der Waals surface area contributed by atoms with Gasteiger partial charge in [-0.2, -0.15) is 0 Å². The van der Waals surface area contributed by atoms with Gasteiger partial charge in [-0.15, -0.1) is 0 Å².